The predicted octanol–water partition coefficient (Wildman–Crippen LogP) is 3.07. The van der Waals surface area contributed by atoms with E-state index < -0.39 is 10.8 Å². The van der Waals surface area contributed by atoms with Crippen molar-refractivity contribution >= 4 is 39.8 Å². The van der Waals surface area contributed by atoms with Crippen molar-refractivity contribution in [1.29, 1.82) is 0 Å². The van der Waals surface area contributed by atoms with Crippen molar-refractivity contribution in [1.82, 2.24) is 5.32 Å². The minimum atomic E-state index is -0.987. The molecule has 0 bridgehead atoms. The molecule has 0 saturated carbocycles. The molecule has 2 amide bonds. The molecule has 0 radical (unpaired) electrons. The van der Waals surface area contributed by atoms with Gasteiger partial charge in [-0.1, -0.05) is 11.6 Å². The van der Waals surface area contributed by atoms with Crippen molar-refractivity contribution in [3.8, 4) is 0 Å². The fraction of sp³-hybridized carbons (Fsp3) is 0.533. The average Bonchev–Trinajstić information content (AvgIpc) is 2.37. The number of carbonyl (C=O) groups is 1. The third kappa shape index (κ3) is 5.85. The van der Waals surface area contributed by atoms with Gasteiger partial charge < -0.3 is 15.5 Å². The number of urea groups is 1. The van der Waals surface area contributed by atoms with Crippen LogP contribution in [-0.4, -0.2) is 41.4 Å². The topological polar surface area (TPSA) is 61.4 Å². The molecule has 22 heavy (non-hydrogen) atoms. The van der Waals surface area contributed by atoms with Crippen LogP contribution in [0, 0.1) is 0 Å². The van der Waals surface area contributed by atoms with E-state index in [-0.39, 0.29) is 10.8 Å². The number of nitrogens with one attached hydrogen (secondary N) is 2. The lowest BCUT2D eigenvalue weighted by Crippen LogP contribution is -2.35. The number of rotatable bonds is 5. The van der Waals surface area contributed by atoms with Crippen molar-refractivity contribution in [3.63, 3.8) is 0 Å². The standard InChI is InChI=1S/C15H24ClN3O2S/c1-15(2,3)22(21)9-8-17-14(20)18-12-10-11(16)6-7-13(12)19(4)5/h6-7,10H,8-9H2,1-5H3,(H2,17,18,20). The van der Waals surface area contributed by atoms with Gasteiger partial charge in [0.05, 0.1) is 11.4 Å². The van der Waals surface area contributed by atoms with Gasteiger partial charge in [0.25, 0.3) is 0 Å². The van der Waals surface area contributed by atoms with Gasteiger partial charge in [-0.25, -0.2) is 4.79 Å². The lowest BCUT2D eigenvalue weighted by atomic mass is 10.2. The molecule has 0 aliphatic heterocycles. The lowest BCUT2D eigenvalue weighted by molar-refractivity contribution is 0.252. The second-order valence-electron chi connectivity index (χ2n) is 6.10. The van der Waals surface area contributed by atoms with Crippen LogP contribution in [0.2, 0.25) is 5.02 Å². The molecular formula is C15H24ClN3O2S. The van der Waals surface area contributed by atoms with Crippen LogP contribution in [0.25, 0.3) is 0 Å². The molecule has 0 aliphatic carbocycles. The Kier molecular flexibility index (Phi) is 6.68. The molecule has 1 aromatic rings. The van der Waals surface area contributed by atoms with Crippen LogP contribution >= 0.6 is 11.6 Å². The van der Waals surface area contributed by atoms with E-state index in [0.717, 1.165) is 5.69 Å². The van der Waals surface area contributed by atoms with Gasteiger partial charge in [0.1, 0.15) is 0 Å². The van der Waals surface area contributed by atoms with Gasteiger partial charge in [0.2, 0.25) is 0 Å². The fourth-order valence-corrected chi connectivity index (χ4v) is 2.80. The molecule has 2 N–H and O–H groups in total. The Balaban J connectivity index is 2.59. The molecule has 0 saturated heterocycles. The monoisotopic (exact) mass is 345 g/mol. The van der Waals surface area contributed by atoms with E-state index in [2.05, 4.69) is 10.6 Å². The summed E-state index contributed by atoms with van der Waals surface area (Å²) in [6.45, 7) is 6.10. The van der Waals surface area contributed by atoms with Gasteiger partial charge in [0, 0.05) is 47.0 Å². The second-order valence-corrected chi connectivity index (χ2v) is 8.86. The Hall–Kier alpha value is -1.27. The molecule has 5 nitrogen and oxygen atoms in total. The van der Waals surface area contributed by atoms with Crippen molar-refractivity contribution in [3.05, 3.63) is 23.2 Å². The molecule has 124 valence electrons. The average molecular weight is 346 g/mol. The van der Waals surface area contributed by atoms with Gasteiger partial charge in [0.15, 0.2) is 0 Å². The highest BCUT2D eigenvalue weighted by atomic mass is 35.5. The quantitative estimate of drug-likeness (QED) is 0.862. The number of hydrogen-bond donors (Lipinski definition) is 2. The predicted molar refractivity (Wildman–Crippen MR) is 95.6 cm³/mol. The Morgan fingerprint density at radius 2 is 1.95 bits per heavy atom. The highest BCUT2D eigenvalue weighted by Crippen LogP contribution is 2.27. The van der Waals surface area contributed by atoms with E-state index in [1.165, 1.54) is 0 Å². The van der Waals surface area contributed by atoms with E-state index >= 15 is 0 Å². The molecule has 0 aromatic heterocycles. The summed E-state index contributed by atoms with van der Waals surface area (Å²) in [5.41, 5.74) is 1.49. The zero-order valence-corrected chi connectivity index (χ0v) is 15.3. The summed E-state index contributed by atoms with van der Waals surface area (Å²) < 4.78 is 11.6. The van der Waals surface area contributed by atoms with Gasteiger partial charge in [-0.05, 0) is 39.0 Å². The van der Waals surface area contributed by atoms with Crippen molar-refractivity contribution in [2.24, 2.45) is 0 Å². The number of carbonyl (C=O) groups excluding carboxylic acids is 1. The Morgan fingerprint density at radius 3 is 2.50 bits per heavy atom. The third-order valence-corrected chi connectivity index (χ3v) is 5.12. The van der Waals surface area contributed by atoms with Crippen LogP contribution in [0.1, 0.15) is 20.8 Å². The van der Waals surface area contributed by atoms with E-state index in [0.29, 0.717) is 23.0 Å². The van der Waals surface area contributed by atoms with Crippen LogP contribution in [0.4, 0.5) is 16.2 Å². The fourth-order valence-electron chi connectivity index (χ4n) is 1.73. The molecule has 1 aromatic carbocycles. The highest BCUT2D eigenvalue weighted by molar-refractivity contribution is 7.86. The second kappa shape index (κ2) is 7.83. The van der Waals surface area contributed by atoms with Crippen LogP contribution in [0.15, 0.2) is 18.2 Å². The summed E-state index contributed by atoms with van der Waals surface area (Å²) in [7, 11) is 2.79. The Morgan fingerprint density at radius 1 is 1.32 bits per heavy atom. The van der Waals surface area contributed by atoms with E-state index in [4.69, 9.17) is 11.6 Å². The molecule has 1 rings (SSSR count). The summed E-state index contributed by atoms with van der Waals surface area (Å²) in [6.07, 6.45) is 0. The van der Waals surface area contributed by atoms with Crippen molar-refractivity contribution in [2.75, 3.05) is 36.6 Å². The minimum Gasteiger partial charge on any atom is -0.376 e. The first-order chi connectivity index (χ1) is 10.1. The van der Waals surface area contributed by atoms with Crippen LogP contribution in [-0.2, 0) is 10.8 Å². The van der Waals surface area contributed by atoms with Crippen LogP contribution in [0.3, 0.4) is 0 Å². The molecular weight excluding hydrogens is 322 g/mol. The first-order valence-electron chi connectivity index (χ1n) is 7.01. The number of hydrogen-bond acceptors (Lipinski definition) is 3. The smallest absolute Gasteiger partial charge is 0.319 e. The number of benzene rings is 1. The van der Waals surface area contributed by atoms with Gasteiger partial charge in [-0.15, -0.1) is 0 Å². The van der Waals surface area contributed by atoms with Gasteiger partial charge >= 0.3 is 6.03 Å². The first-order valence-corrected chi connectivity index (χ1v) is 8.71. The largest absolute Gasteiger partial charge is 0.376 e. The van der Waals surface area contributed by atoms with Gasteiger partial charge in [-0.3, -0.25) is 4.21 Å². The van der Waals surface area contributed by atoms with Crippen LogP contribution < -0.4 is 15.5 Å². The summed E-state index contributed by atoms with van der Waals surface area (Å²) >= 11 is 5.97. The maximum absolute atomic E-state index is 11.9. The molecule has 0 fully saturated rings. The zero-order chi connectivity index (χ0) is 16.9. The summed E-state index contributed by atoms with van der Waals surface area (Å²) in [6, 6.07) is 4.97. The molecule has 1 atom stereocenters. The summed E-state index contributed by atoms with van der Waals surface area (Å²) in [5.74, 6) is 0.424. The van der Waals surface area contributed by atoms with Crippen LogP contribution in [0.5, 0.6) is 0 Å². The molecule has 0 spiro atoms. The summed E-state index contributed by atoms with van der Waals surface area (Å²) in [4.78, 5) is 13.8. The molecule has 0 aliphatic rings. The van der Waals surface area contributed by atoms with Crippen molar-refractivity contribution in [2.45, 2.75) is 25.5 Å². The number of anilines is 2. The number of halogens is 1. The maximum Gasteiger partial charge on any atom is 0.319 e. The van der Waals surface area contributed by atoms with E-state index in [1.807, 2.05) is 45.8 Å². The van der Waals surface area contributed by atoms with Gasteiger partial charge in [-0.2, -0.15) is 0 Å². The Labute approximate surface area is 139 Å². The van der Waals surface area contributed by atoms with Crippen molar-refractivity contribution < 1.29 is 9.00 Å². The Bertz CT molecular complexity index is 556. The number of nitrogens with zero attached hydrogens (tertiary/aromatic N) is 1. The van der Waals surface area contributed by atoms with E-state index in [9.17, 15) is 9.00 Å². The highest BCUT2D eigenvalue weighted by Gasteiger charge is 2.19. The third-order valence-electron chi connectivity index (χ3n) is 2.94. The zero-order valence-electron chi connectivity index (χ0n) is 13.7. The first kappa shape index (κ1) is 18.8. The number of amides is 2. The molecule has 1 unspecified atom stereocenters. The normalized spacial score (nSPS) is 12.6. The molecule has 0 heterocycles. The maximum atomic E-state index is 11.9. The summed E-state index contributed by atoms with van der Waals surface area (Å²) in [5, 5.41) is 6.04. The minimum absolute atomic E-state index is 0.275. The lowest BCUT2D eigenvalue weighted by Gasteiger charge is -2.19. The SMILES string of the molecule is CN(C)c1ccc(Cl)cc1NC(=O)NCCS(=O)C(C)(C)C. The molecule has 7 heteroatoms. The van der Waals surface area contributed by atoms with E-state index in [1.54, 1.807) is 12.1 Å².